The van der Waals surface area contributed by atoms with Crippen LogP contribution in [0.4, 0.5) is 10.5 Å². The fourth-order valence-corrected chi connectivity index (χ4v) is 6.67. The Balaban J connectivity index is 1.16. The summed E-state index contributed by atoms with van der Waals surface area (Å²) in [4.78, 5) is 20.1. The molecule has 7 heteroatoms. The number of nitrogens with zero attached hydrogens (tertiary/aromatic N) is 2. The lowest BCUT2D eigenvalue weighted by Crippen LogP contribution is -2.51. The van der Waals surface area contributed by atoms with Crippen LogP contribution in [0.3, 0.4) is 0 Å². The molecular weight excluding hydrogens is 476 g/mol. The Kier molecular flexibility index (Phi) is 7.58. The quantitative estimate of drug-likeness (QED) is 0.437. The van der Waals surface area contributed by atoms with E-state index in [1.165, 1.54) is 25.7 Å². The number of carbonyl (C=O) groups excluding carboxylic acids is 1. The van der Waals surface area contributed by atoms with Gasteiger partial charge in [-0.2, -0.15) is 0 Å². The lowest BCUT2D eigenvalue weighted by Gasteiger charge is -2.42. The zero-order chi connectivity index (χ0) is 25.9. The van der Waals surface area contributed by atoms with Crippen molar-refractivity contribution in [2.75, 3.05) is 31.6 Å². The average molecular weight is 515 g/mol. The number of hydrogen-bond acceptors (Lipinski definition) is 5. The number of aromatic nitrogens is 1. The molecule has 6 rings (SSSR count). The molecule has 200 valence electrons. The molecule has 4 atom stereocenters. The maximum Gasteiger partial charge on any atom is 0.319 e. The van der Waals surface area contributed by atoms with Crippen LogP contribution in [0, 0.1) is 11.8 Å². The highest BCUT2D eigenvalue weighted by Gasteiger charge is 2.38. The summed E-state index contributed by atoms with van der Waals surface area (Å²) in [6, 6.07) is 15.9. The number of hydrogen-bond donors (Lipinski definition) is 3. The van der Waals surface area contributed by atoms with Crippen molar-refractivity contribution in [2.24, 2.45) is 11.8 Å². The molecule has 2 saturated carbocycles. The second kappa shape index (κ2) is 11.4. The number of rotatable bonds is 5. The molecule has 2 amide bonds. The van der Waals surface area contributed by atoms with Gasteiger partial charge < -0.3 is 20.5 Å². The van der Waals surface area contributed by atoms with Gasteiger partial charge >= 0.3 is 6.03 Å². The molecule has 7 nitrogen and oxygen atoms in total. The van der Waals surface area contributed by atoms with Crippen LogP contribution < -0.4 is 10.6 Å². The number of carbonyl (C=O) groups is 1. The molecule has 0 radical (unpaired) electrons. The summed E-state index contributed by atoms with van der Waals surface area (Å²) in [5.74, 6) is 1.23. The predicted molar refractivity (Wildman–Crippen MR) is 150 cm³/mol. The summed E-state index contributed by atoms with van der Waals surface area (Å²) in [5.41, 5.74) is 3.96. The number of aliphatic hydroxyl groups is 1. The van der Waals surface area contributed by atoms with E-state index in [0.29, 0.717) is 11.8 Å². The molecule has 3 fully saturated rings. The topological polar surface area (TPSA) is 86.7 Å². The maximum atomic E-state index is 13.0. The third-order valence-electron chi connectivity index (χ3n) is 8.75. The van der Waals surface area contributed by atoms with Crippen molar-refractivity contribution >= 4 is 22.5 Å². The highest BCUT2D eigenvalue weighted by molar-refractivity contribution is 6.07. The van der Waals surface area contributed by atoms with Crippen molar-refractivity contribution in [1.29, 1.82) is 0 Å². The Labute approximate surface area is 224 Å². The summed E-state index contributed by atoms with van der Waals surface area (Å²) >= 11 is 0. The number of amides is 2. The molecule has 0 spiro atoms. The lowest BCUT2D eigenvalue weighted by molar-refractivity contribution is 0.0232. The molecule has 1 aromatic heterocycles. The van der Waals surface area contributed by atoms with Crippen LogP contribution >= 0.6 is 0 Å². The van der Waals surface area contributed by atoms with E-state index in [1.807, 2.05) is 30.5 Å². The Morgan fingerprint density at radius 1 is 0.974 bits per heavy atom. The monoisotopic (exact) mass is 514 g/mol. The second-order valence-electron chi connectivity index (χ2n) is 11.2. The van der Waals surface area contributed by atoms with Gasteiger partial charge in [0.05, 0.1) is 36.7 Å². The number of ether oxygens (including phenoxy) is 1. The summed E-state index contributed by atoms with van der Waals surface area (Å²) in [7, 11) is 0. The second-order valence-corrected chi connectivity index (χ2v) is 11.2. The highest BCUT2D eigenvalue weighted by Crippen LogP contribution is 2.40. The summed E-state index contributed by atoms with van der Waals surface area (Å²) < 4.78 is 5.45. The van der Waals surface area contributed by atoms with Crippen molar-refractivity contribution in [1.82, 2.24) is 15.2 Å². The number of urea groups is 1. The standard InChI is InChI=1S/C31H38N4O3/c36-30-18-22-6-2-1-5-21(22)17-29(30)34-31(37)33-28-12-11-25(26-7-3-4-8-27(26)28)23-9-10-24(32-19-23)20-35-13-15-38-16-14-35/h3-4,7-12,19,21-22,29-30,36H,1-2,5-6,13-18,20H2,(H2,33,34,37). The number of aliphatic hydroxyl groups excluding tert-OH is 1. The first kappa shape index (κ1) is 25.3. The molecule has 1 saturated heterocycles. The number of benzene rings is 2. The first-order valence-corrected chi connectivity index (χ1v) is 14.2. The number of nitrogens with one attached hydrogen (secondary N) is 2. The van der Waals surface area contributed by atoms with E-state index in [0.717, 1.165) is 79.0 Å². The third-order valence-corrected chi connectivity index (χ3v) is 8.75. The van der Waals surface area contributed by atoms with Crippen LogP contribution in [-0.2, 0) is 11.3 Å². The largest absolute Gasteiger partial charge is 0.391 e. The fraction of sp³-hybridized carbons (Fsp3) is 0.484. The van der Waals surface area contributed by atoms with Gasteiger partial charge in [-0.05, 0) is 47.8 Å². The van der Waals surface area contributed by atoms with E-state index in [-0.39, 0.29) is 12.1 Å². The van der Waals surface area contributed by atoms with Gasteiger partial charge in [0.1, 0.15) is 0 Å². The SMILES string of the molecule is O=C(Nc1ccc(-c2ccc(CN3CCOCC3)nc2)c2ccccc12)NC1CC2CCCCC2CC1O. The van der Waals surface area contributed by atoms with Gasteiger partial charge in [0.25, 0.3) is 0 Å². The first-order valence-electron chi connectivity index (χ1n) is 14.2. The van der Waals surface area contributed by atoms with Gasteiger partial charge in [0.2, 0.25) is 0 Å². The Morgan fingerprint density at radius 2 is 1.74 bits per heavy atom. The Hall–Kier alpha value is -3.00. The van der Waals surface area contributed by atoms with Crippen molar-refractivity contribution in [3.8, 4) is 11.1 Å². The van der Waals surface area contributed by atoms with Crippen LogP contribution in [0.25, 0.3) is 21.9 Å². The Morgan fingerprint density at radius 3 is 2.50 bits per heavy atom. The zero-order valence-corrected chi connectivity index (χ0v) is 21.9. The van der Waals surface area contributed by atoms with Crippen LogP contribution in [-0.4, -0.2) is 59.5 Å². The molecule has 4 unspecified atom stereocenters. The van der Waals surface area contributed by atoms with Gasteiger partial charge in [-0.15, -0.1) is 0 Å². The molecule has 0 bridgehead atoms. The van der Waals surface area contributed by atoms with Crippen molar-refractivity contribution in [2.45, 2.75) is 57.2 Å². The molecule has 2 heterocycles. The van der Waals surface area contributed by atoms with Crippen LogP contribution in [0.1, 0.15) is 44.2 Å². The van der Waals surface area contributed by atoms with E-state index in [2.05, 4.69) is 39.8 Å². The third kappa shape index (κ3) is 5.55. The van der Waals surface area contributed by atoms with Gasteiger partial charge in [-0.3, -0.25) is 9.88 Å². The minimum atomic E-state index is -0.474. The van der Waals surface area contributed by atoms with Crippen LogP contribution in [0.15, 0.2) is 54.7 Å². The number of pyridine rings is 1. The van der Waals surface area contributed by atoms with E-state index in [9.17, 15) is 9.90 Å². The smallest absolute Gasteiger partial charge is 0.319 e. The molecule has 38 heavy (non-hydrogen) atoms. The minimum Gasteiger partial charge on any atom is -0.391 e. The Bertz CT molecular complexity index is 1260. The summed E-state index contributed by atoms with van der Waals surface area (Å²) in [6.45, 7) is 4.28. The van der Waals surface area contributed by atoms with Crippen LogP contribution in [0.5, 0.6) is 0 Å². The maximum absolute atomic E-state index is 13.0. The number of fused-ring (bicyclic) bond motifs is 2. The van der Waals surface area contributed by atoms with Gasteiger partial charge in [-0.1, -0.05) is 62.1 Å². The first-order chi connectivity index (χ1) is 18.6. The van der Waals surface area contributed by atoms with E-state index >= 15 is 0 Å². The molecule has 3 N–H and O–H groups in total. The number of anilines is 1. The van der Waals surface area contributed by atoms with E-state index < -0.39 is 6.10 Å². The molecule has 3 aliphatic rings. The predicted octanol–water partition coefficient (Wildman–Crippen LogP) is 5.19. The van der Waals surface area contributed by atoms with Gasteiger partial charge in [0, 0.05) is 36.8 Å². The van der Waals surface area contributed by atoms with Crippen molar-refractivity contribution in [3.63, 3.8) is 0 Å². The zero-order valence-electron chi connectivity index (χ0n) is 21.9. The van der Waals surface area contributed by atoms with E-state index in [1.54, 1.807) is 0 Å². The molecule has 2 aromatic carbocycles. The van der Waals surface area contributed by atoms with Crippen molar-refractivity contribution < 1.29 is 14.6 Å². The van der Waals surface area contributed by atoms with Crippen LogP contribution in [0.2, 0.25) is 0 Å². The minimum absolute atomic E-state index is 0.193. The summed E-state index contributed by atoms with van der Waals surface area (Å²) in [6.07, 6.45) is 8.10. The molecule has 2 aliphatic carbocycles. The number of morpholine rings is 1. The van der Waals surface area contributed by atoms with E-state index in [4.69, 9.17) is 9.72 Å². The summed E-state index contributed by atoms with van der Waals surface area (Å²) in [5, 5.41) is 18.9. The average Bonchev–Trinajstić information content (AvgIpc) is 2.95. The fourth-order valence-electron chi connectivity index (χ4n) is 6.67. The highest BCUT2D eigenvalue weighted by atomic mass is 16.5. The van der Waals surface area contributed by atoms with Gasteiger partial charge in [0.15, 0.2) is 0 Å². The molecule has 3 aromatic rings. The molecular formula is C31H38N4O3. The molecule has 1 aliphatic heterocycles. The normalized spacial score (nSPS) is 26.0. The lowest BCUT2D eigenvalue weighted by atomic mass is 9.68. The van der Waals surface area contributed by atoms with Gasteiger partial charge in [-0.25, -0.2) is 4.79 Å². The van der Waals surface area contributed by atoms with Crippen molar-refractivity contribution in [3.05, 3.63) is 60.4 Å².